The molecule has 6 heteroatoms. The van der Waals surface area contributed by atoms with Crippen LogP contribution in [0.2, 0.25) is 0 Å². The lowest BCUT2D eigenvalue weighted by Crippen LogP contribution is -2.68. The fourth-order valence-corrected chi connectivity index (χ4v) is 1.72. The van der Waals surface area contributed by atoms with Gasteiger partial charge in [0.1, 0.15) is 0 Å². The van der Waals surface area contributed by atoms with Gasteiger partial charge >= 0.3 is 0 Å². The first-order valence-electron chi connectivity index (χ1n) is 4.68. The average molecular weight is 254 g/mol. The lowest BCUT2D eigenvalue weighted by molar-refractivity contribution is -2.00. The second-order valence-corrected chi connectivity index (χ2v) is 4.14. The van der Waals surface area contributed by atoms with E-state index in [2.05, 4.69) is 53.3 Å². The maximum absolute atomic E-state index is 8.49. The highest BCUT2D eigenvalue weighted by atomic mass is 35.7. The summed E-state index contributed by atoms with van der Waals surface area (Å²) in [6, 6.07) is 8.42. The minimum Gasteiger partial charge on any atom is -0.222 e. The highest BCUT2D eigenvalue weighted by Crippen LogP contribution is 2.32. The van der Waals surface area contributed by atoms with Crippen molar-refractivity contribution in [1.82, 2.24) is 0 Å². The molecule has 1 aromatic rings. The number of benzene rings is 1. The predicted molar refractivity (Wildman–Crippen MR) is 49.5 cm³/mol. The average Bonchev–Trinajstić information content (AvgIpc) is 2.73. The first-order valence-corrected chi connectivity index (χ1v) is 5.92. The molecule has 0 aliphatic carbocycles. The third kappa shape index (κ3) is 3.00. The summed E-state index contributed by atoms with van der Waals surface area (Å²) in [5.41, 5.74) is 3.88. The quantitative estimate of drug-likeness (QED) is 0.480. The zero-order chi connectivity index (χ0) is 12.5. The molecule has 0 unspecified atom stereocenters. The molecular weight excluding hydrogens is 246 g/mol. The molecule has 3 rings (SSSR count). The Bertz CT molecular complexity index is 523. The lowest BCUT2D eigenvalue weighted by atomic mass is 10.2. The Hall–Kier alpha value is -1.50. The minimum absolute atomic E-state index is 1.27. The van der Waals surface area contributed by atoms with E-state index in [0.29, 0.717) is 0 Å². The van der Waals surface area contributed by atoms with Gasteiger partial charge in [0.05, 0.1) is 5.56 Å². The molecule has 0 saturated heterocycles. The van der Waals surface area contributed by atoms with Crippen molar-refractivity contribution >= 4 is 18.0 Å². The number of rotatable bonds is 0. The van der Waals surface area contributed by atoms with E-state index in [4.69, 9.17) is 18.6 Å². The van der Waals surface area contributed by atoms with Crippen molar-refractivity contribution in [3.63, 3.8) is 0 Å². The second-order valence-electron chi connectivity index (χ2n) is 3.38. The van der Waals surface area contributed by atoms with Gasteiger partial charge < -0.3 is 0 Å². The molecule has 0 fully saturated rings. The zero-order valence-corrected chi connectivity index (χ0v) is 9.33. The number of fused-ring (bicyclic) bond motifs is 3. The lowest BCUT2D eigenvalue weighted by Gasteiger charge is -2.17. The summed E-state index contributed by atoms with van der Waals surface area (Å²) in [5.74, 6) is 0. The Morgan fingerprint density at radius 2 is 1.65 bits per heavy atom. The van der Waals surface area contributed by atoms with Crippen molar-refractivity contribution in [3.8, 4) is 0 Å². The van der Waals surface area contributed by atoms with E-state index in [-0.39, 0.29) is 0 Å². The van der Waals surface area contributed by atoms with Crippen LogP contribution in [0.4, 0.5) is 5.69 Å². The number of halogens is 1. The summed E-state index contributed by atoms with van der Waals surface area (Å²) >= 11 is 0. The normalized spacial score (nSPS) is 15.5. The summed E-state index contributed by atoms with van der Waals surface area (Å²) in [7, 11) is -4.94. The maximum atomic E-state index is 8.49. The molecule has 17 heavy (non-hydrogen) atoms. The van der Waals surface area contributed by atoms with Crippen molar-refractivity contribution in [1.29, 1.82) is 0 Å². The van der Waals surface area contributed by atoms with E-state index in [0.717, 1.165) is 0 Å². The molecule has 0 amide bonds. The standard InChI is InChI=1S/C11H8N.ClHO4/c1-2-6-11-9(4-1)8-10-5-3-7-12(10)11;2-1(3,4)5/h1-8H;(H,2,3,4,5)/q+1;/p-1. The van der Waals surface area contributed by atoms with E-state index in [9.17, 15) is 0 Å². The largest absolute Gasteiger partial charge is 0.222 e. The van der Waals surface area contributed by atoms with Gasteiger partial charge in [-0.25, -0.2) is 18.6 Å². The van der Waals surface area contributed by atoms with Crippen LogP contribution in [-0.4, -0.2) is 10.8 Å². The van der Waals surface area contributed by atoms with Gasteiger partial charge in [-0.05, 0) is 6.07 Å². The molecule has 0 spiro atoms. The SMILES string of the molecule is C1=CC2=Cc3ccccc3[N+]2=C1.[O-][Cl+3]([O-])([O-])[O-]. The van der Waals surface area contributed by atoms with E-state index < -0.39 is 10.2 Å². The van der Waals surface area contributed by atoms with Crippen molar-refractivity contribution in [2.45, 2.75) is 0 Å². The molecule has 0 N–H and O–H groups in total. The van der Waals surface area contributed by atoms with Crippen molar-refractivity contribution in [2.24, 2.45) is 0 Å². The Labute approximate surface area is 99.6 Å². The van der Waals surface area contributed by atoms with Gasteiger partial charge in [0.15, 0.2) is 6.21 Å². The van der Waals surface area contributed by atoms with Gasteiger partial charge in [-0.3, -0.25) is 0 Å². The smallest absolute Gasteiger partial charge is 0.218 e. The van der Waals surface area contributed by atoms with Gasteiger partial charge in [0, 0.05) is 24.3 Å². The van der Waals surface area contributed by atoms with Crippen LogP contribution in [0.3, 0.4) is 0 Å². The number of nitrogens with zero attached hydrogens (tertiary/aromatic N) is 1. The monoisotopic (exact) mass is 253 g/mol. The van der Waals surface area contributed by atoms with Crippen LogP contribution in [-0.2, 0) is 0 Å². The fraction of sp³-hybridized carbons (Fsp3) is 0. The van der Waals surface area contributed by atoms with Gasteiger partial charge in [-0.1, -0.05) is 12.1 Å². The molecule has 2 aliphatic rings. The molecule has 0 atom stereocenters. The van der Waals surface area contributed by atoms with Gasteiger partial charge in [0.2, 0.25) is 11.4 Å². The van der Waals surface area contributed by atoms with E-state index >= 15 is 0 Å². The molecule has 0 bridgehead atoms. The summed E-state index contributed by atoms with van der Waals surface area (Å²) in [6.45, 7) is 0. The summed E-state index contributed by atoms with van der Waals surface area (Å²) in [5, 5.41) is 0. The van der Waals surface area contributed by atoms with Crippen molar-refractivity contribution < 1.29 is 33.5 Å². The van der Waals surface area contributed by atoms with E-state index in [1.807, 2.05) is 0 Å². The number of para-hydroxylation sites is 1. The summed E-state index contributed by atoms with van der Waals surface area (Å²) in [6.07, 6.45) is 8.49. The van der Waals surface area contributed by atoms with Crippen molar-refractivity contribution in [2.75, 3.05) is 0 Å². The topological polar surface area (TPSA) is 95.2 Å². The molecule has 5 nitrogen and oxygen atoms in total. The molecular formula is C11H8ClNO4. The van der Waals surface area contributed by atoms with E-state index in [1.165, 1.54) is 16.9 Å². The first kappa shape index (κ1) is 12.0. The molecule has 88 valence electrons. The fourth-order valence-electron chi connectivity index (χ4n) is 1.72. The molecule has 0 radical (unpaired) electrons. The minimum atomic E-state index is -4.94. The molecule has 2 aliphatic heterocycles. The Kier molecular flexibility index (Phi) is 3.10. The third-order valence-corrected chi connectivity index (χ3v) is 2.28. The molecule has 2 heterocycles. The third-order valence-electron chi connectivity index (χ3n) is 2.28. The zero-order valence-electron chi connectivity index (χ0n) is 8.58. The number of hydrogen-bond acceptors (Lipinski definition) is 4. The number of allylic oxidation sites excluding steroid dienone is 2. The van der Waals surface area contributed by atoms with Crippen LogP contribution in [0.1, 0.15) is 5.56 Å². The molecule has 1 aromatic carbocycles. The maximum Gasteiger partial charge on any atom is 0.218 e. The summed E-state index contributed by atoms with van der Waals surface area (Å²) < 4.78 is 36.2. The highest BCUT2D eigenvalue weighted by molar-refractivity contribution is 5.79. The number of hydrogen-bond donors (Lipinski definition) is 0. The van der Waals surface area contributed by atoms with E-state index in [1.54, 1.807) is 0 Å². The van der Waals surface area contributed by atoms with Crippen LogP contribution in [0.25, 0.3) is 6.08 Å². The summed E-state index contributed by atoms with van der Waals surface area (Å²) in [4.78, 5) is 0. The first-order chi connectivity index (χ1) is 7.95. The Morgan fingerprint density at radius 3 is 2.35 bits per heavy atom. The van der Waals surface area contributed by atoms with Gasteiger partial charge in [0.25, 0.3) is 0 Å². The molecule has 0 saturated carbocycles. The van der Waals surface area contributed by atoms with Crippen LogP contribution in [0.15, 0.2) is 42.1 Å². The molecule has 0 aromatic heterocycles. The predicted octanol–water partition coefficient (Wildman–Crippen LogP) is -2.43. The second kappa shape index (κ2) is 4.40. The Morgan fingerprint density at radius 1 is 1.00 bits per heavy atom. The van der Waals surface area contributed by atoms with Crippen LogP contribution >= 0.6 is 0 Å². The van der Waals surface area contributed by atoms with Crippen molar-refractivity contribution in [3.05, 3.63) is 47.7 Å². The van der Waals surface area contributed by atoms with Crippen LogP contribution in [0, 0.1) is 10.2 Å². The Balaban J connectivity index is 0.000000188. The van der Waals surface area contributed by atoms with Gasteiger partial charge in [-0.15, -0.1) is 10.2 Å². The highest BCUT2D eigenvalue weighted by Gasteiger charge is 2.26. The van der Waals surface area contributed by atoms with Crippen LogP contribution in [0.5, 0.6) is 0 Å². The van der Waals surface area contributed by atoms with Gasteiger partial charge in [-0.2, -0.15) is 4.58 Å². The van der Waals surface area contributed by atoms with Crippen LogP contribution < -0.4 is 18.6 Å².